The first kappa shape index (κ1) is 15.2. The summed E-state index contributed by atoms with van der Waals surface area (Å²) in [6.45, 7) is 4.03. The van der Waals surface area contributed by atoms with E-state index in [9.17, 15) is 0 Å². The van der Waals surface area contributed by atoms with Crippen LogP contribution in [0.1, 0.15) is 18.4 Å². The summed E-state index contributed by atoms with van der Waals surface area (Å²) in [6, 6.07) is 4.59. The maximum atomic E-state index is 4.48. The summed E-state index contributed by atoms with van der Waals surface area (Å²) in [6.07, 6.45) is 7.78. The van der Waals surface area contributed by atoms with E-state index in [1.807, 2.05) is 31.6 Å². The molecule has 5 nitrogen and oxygen atoms in total. The molecule has 1 saturated heterocycles. The third kappa shape index (κ3) is 3.38. The van der Waals surface area contributed by atoms with Gasteiger partial charge in [0.05, 0.1) is 0 Å². The summed E-state index contributed by atoms with van der Waals surface area (Å²) in [4.78, 5) is 17.9. The summed E-state index contributed by atoms with van der Waals surface area (Å²) >= 11 is 3.43. The normalized spacial score (nSPS) is 15.9. The zero-order valence-electron chi connectivity index (χ0n) is 12.9. The third-order valence-electron chi connectivity index (χ3n) is 4.13. The number of hydrogen-bond acceptors (Lipinski definition) is 5. The van der Waals surface area contributed by atoms with Crippen molar-refractivity contribution in [2.45, 2.75) is 25.8 Å². The van der Waals surface area contributed by atoms with Crippen LogP contribution in [0.4, 0.5) is 11.8 Å². The zero-order valence-corrected chi connectivity index (χ0v) is 14.5. The van der Waals surface area contributed by atoms with Crippen LogP contribution in [0.5, 0.6) is 0 Å². The van der Waals surface area contributed by atoms with Gasteiger partial charge in [0.2, 0.25) is 5.95 Å². The largest absolute Gasteiger partial charge is 0.356 e. The van der Waals surface area contributed by atoms with Gasteiger partial charge in [-0.25, -0.2) is 15.0 Å². The van der Waals surface area contributed by atoms with Gasteiger partial charge in [-0.1, -0.05) is 0 Å². The molecule has 1 aliphatic heterocycles. The van der Waals surface area contributed by atoms with Gasteiger partial charge in [0, 0.05) is 49.2 Å². The van der Waals surface area contributed by atoms with Crippen molar-refractivity contribution in [2.24, 2.45) is 0 Å². The predicted molar refractivity (Wildman–Crippen MR) is 92.3 cm³/mol. The van der Waals surface area contributed by atoms with Crippen LogP contribution in [0.2, 0.25) is 0 Å². The Kier molecular flexibility index (Phi) is 4.57. The molecular weight excluding hydrogens is 342 g/mol. The molecule has 0 unspecified atom stereocenters. The number of rotatable bonds is 3. The molecule has 2 aromatic rings. The average Bonchev–Trinajstić information content (AvgIpc) is 2.56. The Morgan fingerprint density at radius 1 is 1.09 bits per heavy atom. The van der Waals surface area contributed by atoms with E-state index in [1.54, 1.807) is 0 Å². The lowest BCUT2D eigenvalue weighted by Gasteiger charge is -2.37. The molecule has 6 heteroatoms. The Hall–Kier alpha value is -1.69. The van der Waals surface area contributed by atoms with Crippen molar-refractivity contribution in [3.05, 3.63) is 40.8 Å². The first-order valence-corrected chi connectivity index (χ1v) is 8.31. The molecule has 0 spiro atoms. The second kappa shape index (κ2) is 6.60. The molecule has 2 aromatic heterocycles. The van der Waals surface area contributed by atoms with Crippen molar-refractivity contribution in [1.82, 2.24) is 15.0 Å². The van der Waals surface area contributed by atoms with Crippen molar-refractivity contribution in [2.75, 3.05) is 29.9 Å². The molecule has 0 aromatic carbocycles. The maximum Gasteiger partial charge on any atom is 0.225 e. The van der Waals surface area contributed by atoms with Crippen LogP contribution >= 0.6 is 15.9 Å². The van der Waals surface area contributed by atoms with E-state index in [2.05, 4.69) is 53.8 Å². The van der Waals surface area contributed by atoms with Gasteiger partial charge in [-0.05, 0) is 53.4 Å². The molecule has 0 aliphatic carbocycles. The quantitative estimate of drug-likeness (QED) is 0.840. The molecule has 0 atom stereocenters. The Balaban J connectivity index is 1.61. The number of aromatic nitrogens is 3. The van der Waals surface area contributed by atoms with Crippen molar-refractivity contribution >= 4 is 27.7 Å². The van der Waals surface area contributed by atoms with E-state index in [0.717, 1.165) is 47.7 Å². The number of anilines is 2. The lowest BCUT2D eigenvalue weighted by atomic mass is 10.0. The number of hydrogen-bond donors (Lipinski definition) is 0. The maximum absolute atomic E-state index is 4.48. The standard InChI is InChI=1S/C16H20BrN5/c1-12-9-19-16(20-10-12)21(2)14-5-7-22(8-6-14)15-4-3-13(17)11-18-15/h3-4,9-11,14H,5-8H2,1-2H3. The van der Waals surface area contributed by atoms with Gasteiger partial charge in [0.1, 0.15) is 5.82 Å². The third-order valence-corrected chi connectivity index (χ3v) is 4.60. The van der Waals surface area contributed by atoms with Crippen LogP contribution in [0.25, 0.3) is 0 Å². The van der Waals surface area contributed by atoms with Crippen LogP contribution in [-0.4, -0.2) is 41.1 Å². The fourth-order valence-corrected chi connectivity index (χ4v) is 3.00. The summed E-state index contributed by atoms with van der Waals surface area (Å²) in [5, 5.41) is 0. The average molecular weight is 362 g/mol. The minimum absolute atomic E-state index is 0.481. The topological polar surface area (TPSA) is 45.2 Å². The fourth-order valence-electron chi connectivity index (χ4n) is 2.77. The smallest absolute Gasteiger partial charge is 0.225 e. The molecule has 22 heavy (non-hydrogen) atoms. The molecule has 0 bridgehead atoms. The molecular formula is C16H20BrN5. The first-order chi connectivity index (χ1) is 10.6. The predicted octanol–water partition coefficient (Wildman–Crippen LogP) is 3.05. The summed E-state index contributed by atoms with van der Waals surface area (Å²) in [7, 11) is 2.09. The van der Waals surface area contributed by atoms with Gasteiger partial charge in [-0.2, -0.15) is 0 Å². The van der Waals surface area contributed by atoms with Gasteiger partial charge in [-0.3, -0.25) is 0 Å². The molecule has 0 amide bonds. The van der Waals surface area contributed by atoms with Crippen LogP contribution in [0.3, 0.4) is 0 Å². The lowest BCUT2D eigenvalue weighted by molar-refractivity contribution is 0.475. The van der Waals surface area contributed by atoms with Crippen molar-refractivity contribution in [3.63, 3.8) is 0 Å². The van der Waals surface area contributed by atoms with Crippen molar-refractivity contribution < 1.29 is 0 Å². The second-order valence-corrected chi connectivity index (χ2v) is 6.64. The molecule has 3 rings (SSSR count). The van der Waals surface area contributed by atoms with Gasteiger partial charge in [0.25, 0.3) is 0 Å². The van der Waals surface area contributed by atoms with Gasteiger partial charge < -0.3 is 9.80 Å². The Morgan fingerprint density at radius 2 is 1.77 bits per heavy atom. The second-order valence-electron chi connectivity index (χ2n) is 5.72. The highest BCUT2D eigenvalue weighted by atomic mass is 79.9. The van der Waals surface area contributed by atoms with Crippen molar-refractivity contribution in [1.29, 1.82) is 0 Å². The number of aryl methyl sites for hydroxylation is 1. The number of nitrogens with zero attached hydrogens (tertiary/aromatic N) is 5. The minimum atomic E-state index is 0.481. The molecule has 0 saturated carbocycles. The Bertz CT molecular complexity index is 605. The Labute approximate surface area is 139 Å². The van der Waals surface area contributed by atoms with E-state index in [4.69, 9.17) is 0 Å². The molecule has 1 aliphatic rings. The van der Waals surface area contributed by atoms with Crippen LogP contribution in [0, 0.1) is 6.92 Å². The molecule has 1 fully saturated rings. The van der Waals surface area contributed by atoms with Gasteiger partial charge in [-0.15, -0.1) is 0 Å². The van der Waals surface area contributed by atoms with E-state index in [0.29, 0.717) is 6.04 Å². The number of halogens is 1. The first-order valence-electron chi connectivity index (χ1n) is 7.51. The molecule has 0 N–H and O–H groups in total. The molecule has 116 valence electrons. The highest BCUT2D eigenvalue weighted by molar-refractivity contribution is 9.10. The van der Waals surface area contributed by atoms with Crippen LogP contribution in [-0.2, 0) is 0 Å². The van der Waals surface area contributed by atoms with E-state index >= 15 is 0 Å². The monoisotopic (exact) mass is 361 g/mol. The van der Waals surface area contributed by atoms with Gasteiger partial charge >= 0.3 is 0 Å². The summed E-state index contributed by atoms with van der Waals surface area (Å²) in [5.41, 5.74) is 1.09. The number of pyridine rings is 1. The Morgan fingerprint density at radius 3 is 2.36 bits per heavy atom. The zero-order chi connectivity index (χ0) is 15.5. The SMILES string of the molecule is Cc1cnc(N(C)C2CCN(c3ccc(Br)cn3)CC2)nc1. The van der Waals surface area contributed by atoms with E-state index < -0.39 is 0 Å². The fraction of sp³-hybridized carbons (Fsp3) is 0.438. The number of piperidine rings is 1. The minimum Gasteiger partial charge on any atom is -0.356 e. The molecule has 0 radical (unpaired) electrons. The van der Waals surface area contributed by atoms with Crippen LogP contribution < -0.4 is 9.80 Å². The summed E-state index contributed by atoms with van der Waals surface area (Å²) < 4.78 is 1.02. The van der Waals surface area contributed by atoms with E-state index in [1.165, 1.54) is 0 Å². The lowest BCUT2D eigenvalue weighted by Crippen LogP contribution is -2.44. The van der Waals surface area contributed by atoms with Crippen molar-refractivity contribution in [3.8, 4) is 0 Å². The van der Waals surface area contributed by atoms with Crippen LogP contribution in [0.15, 0.2) is 35.2 Å². The summed E-state index contributed by atoms with van der Waals surface area (Å²) in [5.74, 6) is 1.86. The van der Waals surface area contributed by atoms with E-state index in [-0.39, 0.29) is 0 Å². The highest BCUT2D eigenvalue weighted by Gasteiger charge is 2.24. The highest BCUT2D eigenvalue weighted by Crippen LogP contribution is 2.23. The molecule has 3 heterocycles. The van der Waals surface area contributed by atoms with Gasteiger partial charge in [0.15, 0.2) is 0 Å².